The molecule has 0 bridgehead atoms. The molecule has 29 heavy (non-hydrogen) atoms. The molecule has 1 atom stereocenters. The van der Waals surface area contributed by atoms with Gasteiger partial charge < -0.3 is 10.2 Å². The minimum Gasteiger partial charge on any atom is -0.357 e. The smallest absolute Gasteiger partial charge is 0.238 e. The van der Waals surface area contributed by atoms with E-state index in [9.17, 15) is 4.79 Å². The average Bonchev–Trinajstić information content (AvgIpc) is 3.32. The highest BCUT2D eigenvalue weighted by Gasteiger charge is 2.22. The number of benzene rings is 2. The highest BCUT2D eigenvalue weighted by Crippen LogP contribution is 2.35. The topological polar surface area (TPSA) is 45.2 Å². The molecule has 0 radical (unpaired) electrons. The molecule has 4 nitrogen and oxygen atoms in total. The van der Waals surface area contributed by atoms with Crippen LogP contribution in [0.1, 0.15) is 29.2 Å². The number of thioether (sulfide) groups is 1. The predicted octanol–water partition coefficient (Wildman–Crippen LogP) is 4.83. The molecule has 0 aliphatic carbocycles. The molecular weight excluding hydrogens is 378 g/mol. The van der Waals surface area contributed by atoms with Crippen LogP contribution in [0, 0.1) is 0 Å². The number of pyridine rings is 1. The normalized spacial score (nSPS) is 14.6. The van der Waals surface area contributed by atoms with Crippen molar-refractivity contribution < 1.29 is 4.79 Å². The summed E-state index contributed by atoms with van der Waals surface area (Å²) in [5.41, 5.74) is 2.01. The Morgan fingerprint density at radius 1 is 0.966 bits per heavy atom. The van der Waals surface area contributed by atoms with Crippen LogP contribution in [0.2, 0.25) is 0 Å². The summed E-state index contributed by atoms with van der Waals surface area (Å²) in [7, 11) is 0. The van der Waals surface area contributed by atoms with Crippen LogP contribution in [0.15, 0.2) is 83.9 Å². The number of aromatic nitrogens is 1. The zero-order valence-electron chi connectivity index (χ0n) is 16.3. The third-order valence-corrected chi connectivity index (χ3v) is 6.31. The second-order valence-corrected chi connectivity index (χ2v) is 8.34. The standard InChI is InChI=1S/C24H25N3OS/c28-24(26-18-19-13-14-22(25-17-19)27-15-7-8-16-27)23(20-9-3-1-4-10-20)29-21-11-5-2-6-12-21/h1-6,9-14,17,23H,7-8,15-16,18H2,(H,26,28). The van der Waals surface area contributed by atoms with Gasteiger partial charge >= 0.3 is 0 Å². The zero-order valence-corrected chi connectivity index (χ0v) is 17.1. The van der Waals surface area contributed by atoms with Crippen molar-refractivity contribution in [3.05, 3.63) is 90.1 Å². The minimum absolute atomic E-state index is 0.00803. The highest BCUT2D eigenvalue weighted by molar-refractivity contribution is 8.00. The first kappa shape index (κ1) is 19.5. The van der Waals surface area contributed by atoms with E-state index in [4.69, 9.17) is 0 Å². The predicted molar refractivity (Wildman–Crippen MR) is 119 cm³/mol. The number of rotatable bonds is 7. The van der Waals surface area contributed by atoms with Crippen LogP contribution in [0.4, 0.5) is 5.82 Å². The first-order valence-electron chi connectivity index (χ1n) is 10.0. The van der Waals surface area contributed by atoms with E-state index >= 15 is 0 Å². The number of nitrogens with zero attached hydrogens (tertiary/aromatic N) is 2. The highest BCUT2D eigenvalue weighted by atomic mass is 32.2. The molecule has 1 aliphatic heterocycles. The molecule has 1 fully saturated rings. The fourth-order valence-corrected chi connectivity index (χ4v) is 4.54. The van der Waals surface area contributed by atoms with Gasteiger partial charge in [-0.15, -0.1) is 11.8 Å². The van der Waals surface area contributed by atoms with Gasteiger partial charge in [0.05, 0.1) is 0 Å². The SMILES string of the molecule is O=C(NCc1ccc(N2CCCC2)nc1)C(Sc1ccccc1)c1ccccc1. The maximum atomic E-state index is 13.0. The Hall–Kier alpha value is -2.79. The van der Waals surface area contributed by atoms with E-state index in [1.165, 1.54) is 12.8 Å². The summed E-state index contributed by atoms with van der Waals surface area (Å²) < 4.78 is 0. The number of carbonyl (C=O) groups excluding carboxylic acids is 1. The Bertz CT molecular complexity index is 910. The largest absolute Gasteiger partial charge is 0.357 e. The van der Waals surface area contributed by atoms with Gasteiger partial charge in [-0.05, 0) is 42.2 Å². The number of carbonyl (C=O) groups is 1. The van der Waals surface area contributed by atoms with Crippen molar-refractivity contribution in [3.63, 3.8) is 0 Å². The van der Waals surface area contributed by atoms with E-state index < -0.39 is 0 Å². The number of amides is 1. The zero-order chi connectivity index (χ0) is 19.9. The summed E-state index contributed by atoms with van der Waals surface area (Å²) >= 11 is 1.57. The summed E-state index contributed by atoms with van der Waals surface area (Å²) in [5.74, 6) is 1.04. The summed E-state index contributed by atoms with van der Waals surface area (Å²) in [4.78, 5) is 21.0. The Labute approximate surface area is 176 Å². The van der Waals surface area contributed by atoms with Crippen molar-refractivity contribution in [1.29, 1.82) is 0 Å². The van der Waals surface area contributed by atoms with Crippen molar-refractivity contribution in [2.75, 3.05) is 18.0 Å². The van der Waals surface area contributed by atoms with Crippen LogP contribution in [0.3, 0.4) is 0 Å². The van der Waals surface area contributed by atoms with Gasteiger partial charge in [0.2, 0.25) is 5.91 Å². The van der Waals surface area contributed by atoms with Crippen molar-refractivity contribution in [1.82, 2.24) is 10.3 Å². The maximum Gasteiger partial charge on any atom is 0.238 e. The molecular formula is C24H25N3OS. The molecule has 5 heteroatoms. The van der Waals surface area contributed by atoms with Gasteiger partial charge in [0.1, 0.15) is 11.1 Å². The molecule has 1 N–H and O–H groups in total. The lowest BCUT2D eigenvalue weighted by molar-refractivity contribution is -0.120. The molecule has 1 aliphatic rings. The lowest BCUT2D eigenvalue weighted by atomic mass is 10.1. The number of hydrogen-bond donors (Lipinski definition) is 1. The number of anilines is 1. The summed E-state index contributed by atoms with van der Waals surface area (Å²) in [6, 6.07) is 24.1. The fraction of sp³-hybridized carbons (Fsp3) is 0.250. The second kappa shape index (κ2) is 9.61. The Morgan fingerprint density at radius 2 is 1.66 bits per heavy atom. The van der Waals surface area contributed by atoms with E-state index in [-0.39, 0.29) is 11.2 Å². The Kier molecular flexibility index (Phi) is 6.47. The molecule has 1 amide bonds. The lowest BCUT2D eigenvalue weighted by Crippen LogP contribution is -2.27. The van der Waals surface area contributed by atoms with Gasteiger partial charge in [-0.1, -0.05) is 54.6 Å². The Morgan fingerprint density at radius 3 is 2.31 bits per heavy atom. The van der Waals surface area contributed by atoms with Gasteiger partial charge in [-0.3, -0.25) is 4.79 Å². The average molecular weight is 404 g/mol. The van der Waals surface area contributed by atoms with Crippen molar-refractivity contribution in [3.8, 4) is 0 Å². The lowest BCUT2D eigenvalue weighted by Gasteiger charge is -2.18. The minimum atomic E-state index is -0.296. The molecule has 1 aromatic heterocycles. The first-order valence-corrected chi connectivity index (χ1v) is 10.9. The molecule has 2 aromatic carbocycles. The van der Waals surface area contributed by atoms with E-state index in [2.05, 4.69) is 27.3 Å². The quantitative estimate of drug-likeness (QED) is 0.574. The van der Waals surface area contributed by atoms with Gasteiger partial charge in [0.25, 0.3) is 0 Å². The third-order valence-electron chi connectivity index (χ3n) is 5.04. The summed E-state index contributed by atoms with van der Waals surface area (Å²) in [6.45, 7) is 2.64. The van der Waals surface area contributed by atoms with Gasteiger partial charge in [-0.25, -0.2) is 4.98 Å². The third kappa shape index (κ3) is 5.18. The molecule has 2 heterocycles. The second-order valence-electron chi connectivity index (χ2n) is 7.16. The van der Waals surface area contributed by atoms with Crippen molar-refractivity contribution in [2.24, 2.45) is 0 Å². The van der Waals surface area contributed by atoms with Crippen LogP contribution in [0.25, 0.3) is 0 Å². The molecule has 4 rings (SSSR count). The molecule has 1 unspecified atom stereocenters. The summed E-state index contributed by atoms with van der Waals surface area (Å²) in [5, 5.41) is 2.80. The molecule has 148 valence electrons. The van der Waals surface area contributed by atoms with E-state index in [0.29, 0.717) is 6.54 Å². The van der Waals surface area contributed by atoms with E-state index in [1.54, 1.807) is 11.8 Å². The van der Waals surface area contributed by atoms with E-state index in [0.717, 1.165) is 34.9 Å². The van der Waals surface area contributed by atoms with Crippen LogP contribution < -0.4 is 10.2 Å². The molecule has 0 spiro atoms. The van der Waals surface area contributed by atoms with Gasteiger partial charge in [-0.2, -0.15) is 0 Å². The molecule has 0 saturated carbocycles. The molecule has 1 saturated heterocycles. The first-order chi connectivity index (χ1) is 14.3. The van der Waals surface area contributed by atoms with Gasteiger partial charge in [0, 0.05) is 30.7 Å². The van der Waals surface area contributed by atoms with Gasteiger partial charge in [0.15, 0.2) is 0 Å². The number of nitrogens with one attached hydrogen (secondary N) is 1. The monoisotopic (exact) mass is 403 g/mol. The summed E-state index contributed by atoms with van der Waals surface area (Å²) in [6.07, 6.45) is 4.34. The van der Waals surface area contributed by atoms with Crippen LogP contribution in [-0.2, 0) is 11.3 Å². The van der Waals surface area contributed by atoms with E-state index in [1.807, 2.05) is 66.9 Å². The molecule has 3 aromatic rings. The van der Waals surface area contributed by atoms with Crippen molar-refractivity contribution >= 4 is 23.5 Å². The van der Waals surface area contributed by atoms with Crippen molar-refractivity contribution in [2.45, 2.75) is 29.5 Å². The van der Waals surface area contributed by atoms with Crippen LogP contribution >= 0.6 is 11.8 Å². The fourth-order valence-electron chi connectivity index (χ4n) is 3.47. The van der Waals surface area contributed by atoms with Crippen LogP contribution in [0.5, 0.6) is 0 Å². The van der Waals surface area contributed by atoms with Crippen LogP contribution in [-0.4, -0.2) is 24.0 Å². The Balaban J connectivity index is 1.42. The number of hydrogen-bond acceptors (Lipinski definition) is 4. The maximum absolute atomic E-state index is 13.0.